The molecule has 5 rings (SSSR count). The minimum atomic E-state index is 0.0262. The van der Waals surface area contributed by atoms with Gasteiger partial charge in [0.2, 0.25) is 0 Å². The van der Waals surface area contributed by atoms with Crippen LogP contribution in [0.5, 0.6) is 0 Å². The van der Waals surface area contributed by atoms with Gasteiger partial charge in [0.1, 0.15) is 5.69 Å². The Bertz CT molecular complexity index is 527. The average molecular weight is 287 g/mol. The Balaban J connectivity index is 1.51. The van der Waals surface area contributed by atoms with Crippen LogP contribution in [0.15, 0.2) is 12.3 Å². The first-order chi connectivity index (χ1) is 10.1. The molecule has 4 saturated carbocycles. The highest BCUT2D eigenvalue weighted by molar-refractivity contribution is 5.92. The van der Waals surface area contributed by atoms with Gasteiger partial charge < -0.3 is 5.32 Å². The fourth-order valence-corrected chi connectivity index (χ4v) is 5.73. The van der Waals surface area contributed by atoms with E-state index < -0.39 is 0 Å². The second kappa shape index (κ2) is 4.59. The molecule has 1 atom stereocenters. The maximum absolute atomic E-state index is 12.5. The molecule has 1 N–H and O–H groups in total. The summed E-state index contributed by atoms with van der Waals surface area (Å²) in [6.07, 6.45) is 10.00. The highest BCUT2D eigenvalue weighted by Gasteiger charge is 2.53. The molecular formula is C17H25N3O. The molecule has 4 aliphatic carbocycles. The van der Waals surface area contributed by atoms with Gasteiger partial charge in [-0.3, -0.25) is 9.48 Å². The number of hydrogen-bond acceptors (Lipinski definition) is 2. The molecule has 0 saturated heterocycles. The first kappa shape index (κ1) is 13.4. The van der Waals surface area contributed by atoms with Crippen molar-refractivity contribution in [2.45, 2.75) is 51.5 Å². The number of nitrogens with one attached hydrogen (secondary N) is 1. The molecule has 1 amide bonds. The van der Waals surface area contributed by atoms with Gasteiger partial charge in [0.15, 0.2) is 0 Å². The van der Waals surface area contributed by atoms with E-state index in [0.717, 1.165) is 17.8 Å². The molecule has 4 nitrogen and oxygen atoms in total. The number of carbonyl (C=O) groups is 1. The number of nitrogens with zero attached hydrogens (tertiary/aromatic N) is 2. The Morgan fingerprint density at radius 3 is 2.33 bits per heavy atom. The number of hydrogen-bond donors (Lipinski definition) is 1. The van der Waals surface area contributed by atoms with Crippen LogP contribution < -0.4 is 5.32 Å². The molecule has 1 heterocycles. The lowest BCUT2D eigenvalue weighted by Crippen LogP contribution is -2.55. The zero-order valence-electron chi connectivity index (χ0n) is 13.0. The van der Waals surface area contributed by atoms with Crippen LogP contribution in [0.25, 0.3) is 0 Å². The number of aromatic nitrogens is 2. The molecule has 0 aromatic carbocycles. The fourth-order valence-electron chi connectivity index (χ4n) is 5.73. The van der Waals surface area contributed by atoms with Crippen molar-refractivity contribution < 1.29 is 4.79 Å². The van der Waals surface area contributed by atoms with E-state index in [1.54, 1.807) is 16.9 Å². The summed E-state index contributed by atoms with van der Waals surface area (Å²) in [6, 6.07) is 2.06. The number of amides is 1. The molecule has 1 aromatic rings. The minimum absolute atomic E-state index is 0.0262. The average Bonchev–Trinajstić information content (AvgIpc) is 2.83. The highest BCUT2D eigenvalue weighted by Crippen LogP contribution is 2.61. The van der Waals surface area contributed by atoms with Gasteiger partial charge in [-0.25, -0.2) is 0 Å². The summed E-state index contributed by atoms with van der Waals surface area (Å²) in [5.74, 6) is 2.80. The SMILES string of the molecule is C[C@H](NC(=O)c1ccnn1C)C12CC3CC(CC(C3)C1)C2. The maximum Gasteiger partial charge on any atom is 0.269 e. The number of aryl methyl sites for hydroxylation is 1. The van der Waals surface area contributed by atoms with Crippen molar-refractivity contribution in [1.29, 1.82) is 0 Å². The fraction of sp³-hybridized carbons (Fsp3) is 0.765. The molecule has 0 aliphatic heterocycles. The Morgan fingerprint density at radius 1 is 1.29 bits per heavy atom. The highest BCUT2D eigenvalue weighted by atomic mass is 16.2. The van der Waals surface area contributed by atoms with Gasteiger partial charge in [-0.05, 0) is 74.7 Å². The van der Waals surface area contributed by atoms with Crippen LogP contribution in [-0.2, 0) is 7.05 Å². The van der Waals surface area contributed by atoms with Crippen LogP contribution in [-0.4, -0.2) is 21.7 Å². The standard InChI is InChI=1S/C17H25N3O/c1-11(19-16(21)15-3-4-18-20(15)2)17-8-12-5-13(9-17)7-14(6-12)10-17/h3-4,11-14H,5-10H2,1-2H3,(H,19,21)/t11-,12?,13?,14?,17?/m0/s1. The zero-order chi connectivity index (χ0) is 14.6. The summed E-state index contributed by atoms with van der Waals surface area (Å²) < 4.78 is 1.65. The van der Waals surface area contributed by atoms with Crippen molar-refractivity contribution in [1.82, 2.24) is 15.1 Å². The van der Waals surface area contributed by atoms with E-state index in [9.17, 15) is 4.79 Å². The van der Waals surface area contributed by atoms with Gasteiger partial charge in [0.05, 0.1) is 0 Å². The van der Waals surface area contributed by atoms with Gasteiger partial charge in [-0.2, -0.15) is 5.10 Å². The van der Waals surface area contributed by atoms with Gasteiger partial charge in [0.25, 0.3) is 5.91 Å². The van der Waals surface area contributed by atoms with E-state index in [1.165, 1.54) is 38.5 Å². The second-order valence-corrected chi connectivity index (χ2v) is 7.82. The van der Waals surface area contributed by atoms with Gasteiger partial charge in [0, 0.05) is 19.3 Å². The van der Waals surface area contributed by atoms with E-state index >= 15 is 0 Å². The topological polar surface area (TPSA) is 46.9 Å². The summed E-state index contributed by atoms with van der Waals surface area (Å²) in [5.41, 5.74) is 1.02. The lowest BCUT2D eigenvalue weighted by atomic mass is 9.48. The lowest BCUT2D eigenvalue weighted by molar-refractivity contribution is -0.0688. The van der Waals surface area contributed by atoms with Crippen LogP contribution in [0.2, 0.25) is 0 Å². The number of rotatable bonds is 3. The largest absolute Gasteiger partial charge is 0.348 e. The van der Waals surface area contributed by atoms with Crippen LogP contribution in [0.4, 0.5) is 0 Å². The van der Waals surface area contributed by atoms with Crippen molar-refractivity contribution in [3.63, 3.8) is 0 Å². The Hall–Kier alpha value is -1.32. The van der Waals surface area contributed by atoms with Crippen molar-refractivity contribution in [2.24, 2.45) is 30.2 Å². The van der Waals surface area contributed by atoms with Gasteiger partial charge in [-0.15, -0.1) is 0 Å². The van der Waals surface area contributed by atoms with E-state index in [2.05, 4.69) is 17.3 Å². The lowest BCUT2D eigenvalue weighted by Gasteiger charge is -2.59. The van der Waals surface area contributed by atoms with E-state index in [4.69, 9.17) is 0 Å². The molecule has 0 unspecified atom stereocenters. The van der Waals surface area contributed by atoms with Crippen molar-refractivity contribution in [3.05, 3.63) is 18.0 Å². The van der Waals surface area contributed by atoms with Crippen LogP contribution in [0.3, 0.4) is 0 Å². The molecule has 114 valence electrons. The Kier molecular flexibility index (Phi) is 2.92. The first-order valence-electron chi connectivity index (χ1n) is 8.34. The van der Waals surface area contributed by atoms with Gasteiger partial charge >= 0.3 is 0 Å². The van der Waals surface area contributed by atoms with Crippen molar-refractivity contribution in [2.75, 3.05) is 0 Å². The quantitative estimate of drug-likeness (QED) is 0.929. The number of carbonyl (C=O) groups excluding carboxylic acids is 1. The third-order valence-corrected chi connectivity index (χ3v) is 6.41. The summed E-state index contributed by atoms with van der Waals surface area (Å²) in [4.78, 5) is 12.5. The molecule has 21 heavy (non-hydrogen) atoms. The summed E-state index contributed by atoms with van der Waals surface area (Å²) in [7, 11) is 1.82. The van der Waals surface area contributed by atoms with Gasteiger partial charge in [-0.1, -0.05) is 0 Å². The van der Waals surface area contributed by atoms with E-state index in [0.29, 0.717) is 11.1 Å². The molecule has 0 radical (unpaired) electrons. The Labute approximate surface area is 126 Å². The summed E-state index contributed by atoms with van der Waals surface area (Å²) in [6.45, 7) is 2.22. The van der Waals surface area contributed by atoms with Crippen LogP contribution in [0.1, 0.15) is 55.9 Å². The molecule has 1 aromatic heterocycles. The summed E-state index contributed by atoms with van der Waals surface area (Å²) >= 11 is 0. The molecule has 4 aliphatic rings. The third kappa shape index (κ3) is 2.11. The first-order valence-corrected chi connectivity index (χ1v) is 8.34. The third-order valence-electron chi connectivity index (χ3n) is 6.41. The molecule has 4 heteroatoms. The Morgan fingerprint density at radius 2 is 1.86 bits per heavy atom. The molecule has 4 fully saturated rings. The predicted octanol–water partition coefficient (Wildman–Crippen LogP) is 2.75. The predicted molar refractivity (Wildman–Crippen MR) is 80.7 cm³/mol. The summed E-state index contributed by atoms with van der Waals surface area (Å²) in [5, 5.41) is 7.37. The monoisotopic (exact) mass is 287 g/mol. The zero-order valence-corrected chi connectivity index (χ0v) is 13.0. The smallest absolute Gasteiger partial charge is 0.269 e. The second-order valence-electron chi connectivity index (χ2n) is 7.82. The molecule has 0 spiro atoms. The van der Waals surface area contributed by atoms with Crippen LogP contribution in [0, 0.1) is 23.2 Å². The van der Waals surface area contributed by atoms with Crippen LogP contribution >= 0.6 is 0 Å². The van der Waals surface area contributed by atoms with Crippen molar-refractivity contribution >= 4 is 5.91 Å². The normalized spacial score (nSPS) is 38.5. The van der Waals surface area contributed by atoms with Crippen molar-refractivity contribution in [3.8, 4) is 0 Å². The molecular weight excluding hydrogens is 262 g/mol. The van der Waals surface area contributed by atoms with E-state index in [-0.39, 0.29) is 11.9 Å². The maximum atomic E-state index is 12.5. The van der Waals surface area contributed by atoms with E-state index in [1.807, 2.05) is 7.05 Å². The minimum Gasteiger partial charge on any atom is -0.348 e. The molecule has 4 bridgehead atoms.